The van der Waals surface area contributed by atoms with Crippen molar-refractivity contribution in [2.45, 2.75) is 12.3 Å². The van der Waals surface area contributed by atoms with Gasteiger partial charge in [0.05, 0.1) is 19.0 Å². The highest BCUT2D eigenvalue weighted by Crippen LogP contribution is 2.38. The minimum absolute atomic E-state index is 0.0240. The van der Waals surface area contributed by atoms with Crippen LogP contribution in [0.5, 0.6) is 5.75 Å². The highest BCUT2D eigenvalue weighted by molar-refractivity contribution is 6.30. The molecule has 1 aliphatic rings. The molecule has 126 valence electrons. The van der Waals surface area contributed by atoms with Crippen LogP contribution in [0.1, 0.15) is 23.5 Å². The number of halogens is 1. The van der Waals surface area contributed by atoms with Crippen molar-refractivity contribution in [1.29, 1.82) is 0 Å². The molecule has 1 aliphatic heterocycles. The summed E-state index contributed by atoms with van der Waals surface area (Å²) in [5.74, 6) is 1.44. The number of benzene rings is 2. The van der Waals surface area contributed by atoms with Crippen LogP contribution in [0.2, 0.25) is 5.02 Å². The molecule has 1 atom stereocenters. The lowest BCUT2D eigenvalue weighted by Crippen LogP contribution is -2.24. The lowest BCUT2D eigenvalue weighted by Gasteiger charge is -2.24. The van der Waals surface area contributed by atoms with Crippen molar-refractivity contribution >= 4 is 23.3 Å². The zero-order valence-electron chi connectivity index (χ0n) is 13.6. The minimum atomic E-state index is -0.0318. The summed E-state index contributed by atoms with van der Waals surface area (Å²) in [6.45, 7) is 0. The molecule has 1 aromatic heterocycles. The lowest BCUT2D eigenvalue weighted by atomic mass is 9.87. The topological polar surface area (TPSA) is 56.1 Å². The maximum atomic E-state index is 12.3. The zero-order valence-corrected chi connectivity index (χ0v) is 14.3. The van der Waals surface area contributed by atoms with Crippen LogP contribution < -0.4 is 10.1 Å². The van der Waals surface area contributed by atoms with Crippen molar-refractivity contribution in [2.24, 2.45) is 0 Å². The Labute approximate surface area is 150 Å². The summed E-state index contributed by atoms with van der Waals surface area (Å²) in [4.78, 5) is 12.3. The van der Waals surface area contributed by atoms with Gasteiger partial charge in [0.1, 0.15) is 11.6 Å². The predicted octanol–water partition coefficient (Wildman–Crippen LogP) is 4.01. The van der Waals surface area contributed by atoms with E-state index in [0.717, 1.165) is 22.6 Å². The number of carbonyl (C=O) groups is 1. The minimum Gasteiger partial charge on any atom is -0.497 e. The lowest BCUT2D eigenvalue weighted by molar-refractivity contribution is -0.116. The van der Waals surface area contributed by atoms with Crippen LogP contribution in [-0.4, -0.2) is 22.8 Å². The molecule has 5 nitrogen and oxygen atoms in total. The summed E-state index contributed by atoms with van der Waals surface area (Å²) in [7, 11) is 1.64. The van der Waals surface area contributed by atoms with Gasteiger partial charge in [-0.25, -0.2) is 4.68 Å². The molecule has 1 amide bonds. The molecule has 0 saturated carbocycles. The van der Waals surface area contributed by atoms with Crippen LogP contribution in [0.4, 0.5) is 5.82 Å². The number of amides is 1. The Morgan fingerprint density at radius 1 is 1.16 bits per heavy atom. The third-order valence-corrected chi connectivity index (χ3v) is 4.66. The monoisotopic (exact) mass is 353 g/mol. The van der Waals surface area contributed by atoms with Crippen LogP contribution in [0.3, 0.4) is 0 Å². The Morgan fingerprint density at radius 3 is 2.56 bits per heavy atom. The third kappa shape index (κ3) is 2.87. The molecule has 6 heteroatoms. The average molecular weight is 354 g/mol. The second-order valence-corrected chi connectivity index (χ2v) is 6.35. The fourth-order valence-corrected chi connectivity index (χ4v) is 3.26. The van der Waals surface area contributed by atoms with E-state index in [9.17, 15) is 4.79 Å². The smallest absolute Gasteiger partial charge is 0.226 e. The van der Waals surface area contributed by atoms with E-state index in [-0.39, 0.29) is 11.8 Å². The number of aromatic nitrogens is 2. The molecule has 0 bridgehead atoms. The first-order valence-electron chi connectivity index (χ1n) is 7.93. The standard InChI is InChI=1S/C19H16ClN3O2/c1-25-15-8-2-12(3-9-15)16-10-18(24)22-19-17(16)11-21-23(19)14-6-4-13(20)5-7-14/h2-9,11,16H,10H2,1H3,(H,22,24)/t16-/m1/s1. The molecule has 0 radical (unpaired) electrons. The first-order chi connectivity index (χ1) is 12.2. The number of nitrogens with one attached hydrogen (secondary N) is 1. The molecule has 2 aromatic carbocycles. The number of hydrogen-bond donors (Lipinski definition) is 1. The summed E-state index contributed by atoms with van der Waals surface area (Å²) in [5, 5.41) is 8.08. The molecule has 4 rings (SSSR count). The quantitative estimate of drug-likeness (QED) is 0.774. The average Bonchev–Trinajstić information content (AvgIpc) is 3.05. The van der Waals surface area contributed by atoms with Gasteiger partial charge in [0.2, 0.25) is 5.91 Å². The van der Waals surface area contributed by atoms with Crippen LogP contribution >= 0.6 is 11.6 Å². The van der Waals surface area contributed by atoms with Crippen LogP contribution in [-0.2, 0) is 4.79 Å². The molecule has 0 saturated heterocycles. The largest absolute Gasteiger partial charge is 0.497 e. The van der Waals surface area contributed by atoms with E-state index in [1.165, 1.54) is 0 Å². The maximum absolute atomic E-state index is 12.3. The van der Waals surface area contributed by atoms with Gasteiger partial charge in [0.25, 0.3) is 0 Å². The van der Waals surface area contributed by atoms with E-state index < -0.39 is 0 Å². The fourth-order valence-electron chi connectivity index (χ4n) is 3.13. The van der Waals surface area contributed by atoms with Crippen molar-refractivity contribution in [3.8, 4) is 11.4 Å². The number of carbonyl (C=O) groups excluding carboxylic acids is 1. The molecule has 0 aliphatic carbocycles. The van der Waals surface area contributed by atoms with Gasteiger partial charge in [0, 0.05) is 22.9 Å². The first kappa shape index (κ1) is 15.7. The summed E-state index contributed by atoms with van der Waals surface area (Å²) < 4.78 is 6.95. The molecule has 25 heavy (non-hydrogen) atoms. The summed E-state index contributed by atoms with van der Waals surface area (Å²) >= 11 is 5.96. The number of anilines is 1. The Balaban J connectivity index is 1.76. The van der Waals surface area contributed by atoms with Crippen molar-refractivity contribution in [1.82, 2.24) is 9.78 Å². The van der Waals surface area contributed by atoms with Crippen molar-refractivity contribution < 1.29 is 9.53 Å². The van der Waals surface area contributed by atoms with Crippen LogP contribution in [0.15, 0.2) is 54.7 Å². The Kier molecular flexibility index (Phi) is 3.93. The van der Waals surface area contributed by atoms with Gasteiger partial charge in [0.15, 0.2) is 0 Å². The summed E-state index contributed by atoms with van der Waals surface area (Å²) in [6.07, 6.45) is 2.21. The van der Waals surface area contributed by atoms with E-state index >= 15 is 0 Å². The SMILES string of the molecule is COc1ccc([C@H]2CC(=O)Nc3c2cnn3-c2ccc(Cl)cc2)cc1. The Hall–Kier alpha value is -2.79. The van der Waals surface area contributed by atoms with E-state index in [1.54, 1.807) is 23.9 Å². The summed E-state index contributed by atoms with van der Waals surface area (Å²) in [6, 6.07) is 15.2. The summed E-state index contributed by atoms with van der Waals surface area (Å²) in [5.41, 5.74) is 2.91. The van der Waals surface area contributed by atoms with Gasteiger partial charge >= 0.3 is 0 Å². The molecule has 3 aromatic rings. The highest BCUT2D eigenvalue weighted by atomic mass is 35.5. The second-order valence-electron chi connectivity index (χ2n) is 5.91. The van der Waals surface area contributed by atoms with Gasteiger partial charge in [-0.05, 0) is 42.0 Å². The van der Waals surface area contributed by atoms with E-state index in [4.69, 9.17) is 16.3 Å². The first-order valence-corrected chi connectivity index (χ1v) is 8.31. The Bertz CT molecular complexity index is 917. The number of hydrogen-bond acceptors (Lipinski definition) is 3. The molecule has 0 fully saturated rings. The molecule has 2 heterocycles. The highest BCUT2D eigenvalue weighted by Gasteiger charge is 2.30. The normalized spacial score (nSPS) is 16.2. The Morgan fingerprint density at radius 2 is 1.88 bits per heavy atom. The number of nitrogens with zero attached hydrogens (tertiary/aromatic N) is 2. The van der Waals surface area contributed by atoms with Crippen molar-refractivity contribution in [3.63, 3.8) is 0 Å². The molecular formula is C19H16ClN3O2. The van der Waals surface area contributed by atoms with Gasteiger partial charge in [-0.1, -0.05) is 23.7 Å². The zero-order chi connectivity index (χ0) is 17.4. The van der Waals surface area contributed by atoms with Crippen LogP contribution in [0.25, 0.3) is 5.69 Å². The van der Waals surface area contributed by atoms with Crippen molar-refractivity contribution in [3.05, 3.63) is 70.9 Å². The van der Waals surface area contributed by atoms with Gasteiger partial charge in [-0.2, -0.15) is 5.10 Å². The third-order valence-electron chi connectivity index (χ3n) is 4.41. The van der Waals surface area contributed by atoms with Gasteiger partial charge in [-0.3, -0.25) is 4.79 Å². The number of fused-ring (bicyclic) bond motifs is 1. The van der Waals surface area contributed by atoms with E-state index in [0.29, 0.717) is 17.3 Å². The number of methoxy groups -OCH3 is 1. The number of ether oxygens (including phenoxy) is 1. The molecule has 1 N–H and O–H groups in total. The molecular weight excluding hydrogens is 338 g/mol. The molecule has 0 spiro atoms. The fraction of sp³-hybridized carbons (Fsp3) is 0.158. The van der Waals surface area contributed by atoms with Gasteiger partial charge in [-0.15, -0.1) is 0 Å². The predicted molar refractivity (Wildman–Crippen MR) is 96.7 cm³/mol. The number of rotatable bonds is 3. The van der Waals surface area contributed by atoms with Crippen molar-refractivity contribution in [2.75, 3.05) is 12.4 Å². The van der Waals surface area contributed by atoms with Gasteiger partial charge < -0.3 is 10.1 Å². The molecule has 0 unspecified atom stereocenters. The van der Waals surface area contributed by atoms with E-state index in [1.807, 2.05) is 42.6 Å². The second kappa shape index (κ2) is 6.26. The van der Waals surface area contributed by atoms with E-state index in [2.05, 4.69) is 10.4 Å². The maximum Gasteiger partial charge on any atom is 0.226 e. The van der Waals surface area contributed by atoms with Crippen LogP contribution in [0, 0.1) is 0 Å².